The third kappa shape index (κ3) is 4.40. The molecule has 1 fully saturated rings. The fourth-order valence-electron chi connectivity index (χ4n) is 2.22. The summed E-state index contributed by atoms with van der Waals surface area (Å²) in [6, 6.07) is 0. The van der Waals surface area contributed by atoms with E-state index in [0.29, 0.717) is 0 Å². The van der Waals surface area contributed by atoms with Crippen LogP contribution in [0.4, 0.5) is 0 Å². The number of hydrogen-bond donors (Lipinski definition) is 2. The van der Waals surface area contributed by atoms with Crippen LogP contribution in [0.1, 0.15) is 32.1 Å². The van der Waals surface area contributed by atoms with Crippen LogP contribution in [0.2, 0.25) is 0 Å². The van der Waals surface area contributed by atoms with Gasteiger partial charge in [0.1, 0.15) is 0 Å². The molecule has 0 radical (unpaired) electrons. The third-order valence-corrected chi connectivity index (χ3v) is 3.20. The zero-order chi connectivity index (χ0) is 10.2. The van der Waals surface area contributed by atoms with E-state index in [2.05, 4.69) is 4.90 Å². The average molecular weight is 199 g/mol. The lowest BCUT2D eigenvalue weighted by atomic mass is 9.92. The van der Waals surface area contributed by atoms with E-state index in [1.807, 2.05) is 0 Å². The van der Waals surface area contributed by atoms with Crippen LogP contribution in [0, 0.1) is 5.92 Å². The van der Waals surface area contributed by atoms with Crippen molar-refractivity contribution in [2.45, 2.75) is 32.1 Å². The molecule has 0 spiro atoms. The highest BCUT2D eigenvalue weighted by molar-refractivity contribution is 4.72. The topological polar surface area (TPSA) is 55.3 Å². The summed E-state index contributed by atoms with van der Waals surface area (Å²) in [5.41, 5.74) is 11.0. The highest BCUT2D eigenvalue weighted by Crippen LogP contribution is 2.21. The van der Waals surface area contributed by atoms with Crippen molar-refractivity contribution in [1.29, 1.82) is 0 Å². The molecular weight excluding hydrogens is 174 g/mol. The maximum Gasteiger partial charge on any atom is -0.000671 e. The SMILES string of the molecule is NCCCC1CCN(CCCN)CC1. The maximum absolute atomic E-state index is 5.51. The fourth-order valence-corrected chi connectivity index (χ4v) is 2.22. The highest BCUT2D eigenvalue weighted by Gasteiger charge is 2.17. The molecule has 3 nitrogen and oxygen atoms in total. The Kier molecular flexibility index (Phi) is 6.15. The second kappa shape index (κ2) is 7.21. The van der Waals surface area contributed by atoms with Crippen molar-refractivity contribution in [2.24, 2.45) is 17.4 Å². The van der Waals surface area contributed by atoms with Gasteiger partial charge in [-0.2, -0.15) is 0 Å². The minimum absolute atomic E-state index is 0.826. The summed E-state index contributed by atoms with van der Waals surface area (Å²) < 4.78 is 0. The van der Waals surface area contributed by atoms with Crippen LogP contribution in [0.15, 0.2) is 0 Å². The number of piperidine rings is 1. The van der Waals surface area contributed by atoms with E-state index in [-0.39, 0.29) is 0 Å². The Bertz CT molecular complexity index is 114. The first-order valence-electron chi connectivity index (χ1n) is 5.99. The molecule has 14 heavy (non-hydrogen) atoms. The van der Waals surface area contributed by atoms with E-state index in [1.54, 1.807) is 0 Å². The lowest BCUT2D eigenvalue weighted by Gasteiger charge is -2.31. The molecule has 1 saturated heterocycles. The van der Waals surface area contributed by atoms with Crippen molar-refractivity contribution in [1.82, 2.24) is 4.90 Å². The Balaban J connectivity index is 2.05. The van der Waals surface area contributed by atoms with Gasteiger partial charge >= 0.3 is 0 Å². The van der Waals surface area contributed by atoms with Crippen LogP contribution in [0.5, 0.6) is 0 Å². The largest absolute Gasteiger partial charge is 0.330 e. The van der Waals surface area contributed by atoms with Crippen LogP contribution in [0.3, 0.4) is 0 Å². The molecule has 0 bridgehead atoms. The van der Waals surface area contributed by atoms with E-state index in [9.17, 15) is 0 Å². The van der Waals surface area contributed by atoms with Gasteiger partial charge in [-0.3, -0.25) is 0 Å². The molecule has 0 aromatic heterocycles. The Morgan fingerprint density at radius 2 is 1.64 bits per heavy atom. The number of nitrogens with zero attached hydrogens (tertiary/aromatic N) is 1. The van der Waals surface area contributed by atoms with Crippen LogP contribution >= 0.6 is 0 Å². The van der Waals surface area contributed by atoms with Crippen LogP contribution < -0.4 is 11.5 Å². The second-order valence-electron chi connectivity index (χ2n) is 4.36. The van der Waals surface area contributed by atoms with Crippen LogP contribution in [-0.4, -0.2) is 37.6 Å². The van der Waals surface area contributed by atoms with Gasteiger partial charge in [-0.25, -0.2) is 0 Å². The molecule has 1 heterocycles. The van der Waals surface area contributed by atoms with Gasteiger partial charge in [0, 0.05) is 0 Å². The molecular formula is C11H25N3. The van der Waals surface area contributed by atoms with Crippen molar-refractivity contribution in [3.05, 3.63) is 0 Å². The van der Waals surface area contributed by atoms with Gasteiger partial charge < -0.3 is 16.4 Å². The molecule has 0 aromatic rings. The molecule has 3 heteroatoms. The smallest absolute Gasteiger partial charge is 0.000671 e. The normalized spacial score (nSPS) is 20.1. The average Bonchev–Trinajstić information content (AvgIpc) is 2.25. The number of rotatable bonds is 6. The minimum Gasteiger partial charge on any atom is -0.330 e. The summed E-state index contributed by atoms with van der Waals surface area (Å²) in [5.74, 6) is 0.938. The van der Waals surface area contributed by atoms with Crippen molar-refractivity contribution in [3.63, 3.8) is 0 Å². The number of likely N-dealkylation sites (tertiary alicyclic amines) is 1. The summed E-state index contributed by atoms with van der Waals surface area (Å²) >= 11 is 0. The van der Waals surface area contributed by atoms with Crippen molar-refractivity contribution < 1.29 is 0 Å². The van der Waals surface area contributed by atoms with Gasteiger partial charge in [-0.1, -0.05) is 0 Å². The molecule has 1 aliphatic rings. The van der Waals surface area contributed by atoms with Gasteiger partial charge in [0.15, 0.2) is 0 Å². The van der Waals surface area contributed by atoms with E-state index in [0.717, 1.165) is 25.4 Å². The van der Waals surface area contributed by atoms with Gasteiger partial charge in [-0.05, 0) is 70.7 Å². The molecule has 0 aliphatic carbocycles. The standard InChI is InChI=1S/C11H25N3/c12-6-1-3-11-4-9-14(10-5-11)8-2-7-13/h11H,1-10,12-13H2. The van der Waals surface area contributed by atoms with E-state index in [4.69, 9.17) is 11.5 Å². The zero-order valence-corrected chi connectivity index (χ0v) is 9.25. The quantitative estimate of drug-likeness (QED) is 0.665. The molecule has 0 aromatic carbocycles. The lowest BCUT2D eigenvalue weighted by molar-refractivity contribution is 0.177. The summed E-state index contributed by atoms with van der Waals surface area (Å²) in [6.07, 6.45) is 6.41. The molecule has 0 amide bonds. The first-order chi connectivity index (χ1) is 6.86. The summed E-state index contributed by atoms with van der Waals surface area (Å²) in [7, 11) is 0. The molecule has 0 saturated carbocycles. The molecule has 1 rings (SSSR count). The van der Waals surface area contributed by atoms with Crippen molar-refractivity contribution in [3.8, 4) is 0 Å². The molecule has 1 aliphatic heterocycles. The van der Waals surface area contributed by atoms with Crippen LogP contribution in [-0.2, 0) is 0 Å². The van der Waals surface area contributed by atoms with Crippen LogP contribution in [0.25, 0.3) is 0 Å². The zero-order valence-electron chi connectivity index (χ0n) is 9.25. The predicted octanol–water partition coefficient (Wildman–Crippen LogP) is 0.786. The van der Waals surface area contributed by atoms with Gasteiger partial charge in [0.2, 0.25) is 0 Å². The second-order valence-corrected chi connectivity index (χ2v) is 4.36. The summed E-state index contributed by atoms with van der Waals surface area (Å²) in [4.78, 5) is 2.55. The number of hydrogen-bond acceptors (Lipinski definition) is 3. The van der Waals surface area contributed by atoms with E-state index >= 15 is 0 Å². The Hall–Kier alpha value is -0.120. The van der Waals surface area contributed by atoms with Gasteiger partial charge in [0.05, 0.1) is 0 Å². The van der Waals surface area contributed by atoms with Gasteiger partial charge in [0.25, 0.3) is 0 Å². The molecule has 0 unspecified atom stereocenters. The summed E-state index contributed by atoms with van der Waals surface area (Å²) in [5, 5.41) is 0. The lowest BCUT2D eigenvalue weighted by Crippen LogP contribution is -2.35. The first kappa shape index (κ1) is 12.0. The third-order valence-electron chi connectivity index (χ3n) is 3.20. The summed E-state index contributed by atoms with van der Waals surface area (Å²) in [6.45, 7) is 5.42. The van der Waals surface area contributed by atoms with Crippen molar-refractivity contribution in [2.75, 3.05) is 32.7 Å². The van der Waals surface area contributed by atoms with Crippen molar-refractivity contribution >= 4 is 0 Å². The predicted molar refractivity (Wildman–Crippen MR) is 61.1 cm³/mol. The van der Waals surface area contributed by atoms with E-state index < -0.39 is 0 Å². The maximum atomic E-state index is 5.51. The Labute approximate surface area is 87.8 Å². The minimum atomic E-state index is 0.826. The van der Waals surface area contributed by atoms with E-state index in [1.165, 1.54) is 45.3 Å². The Morgan fingerprint density at radius 3 is 2.21 bits per heavy atom. The fraction of sp³-hybridized carbons (Fsp3) is 1.00. The first-order valence-corrected chi connectivity index (χ1v) is 5.99. The Morgan fingerprint density at radius 1 is 1.00 bits per heavy atom. The number of nitrogens with two attached hydrogens (primary N) is 2. The molecule has 4 N–H and O–H groups in total. The highest BCUT2D eigenvalue weighted by atomic mass is 15.1. The molecule has 84 valence electrons. The monoisotopic (exact) mass is 199 g/mol. The van der Waals surface area contributed by atoms with Gasteiger partial charge in [-0.15, -0.1) is 0 Å². The molecule has 0 atom stereocenters.